The van der Waals surface area contributed by atoms with Gasteiger partial charge in [0.15, 0.2) is 0 Å². The van der Waals surface area contributed by atoms with Crippen molar-refractivity contribution in [3.05, 3.63) is 71.3 Å². The van der Waals surface area contributed by atoms with E-state index >= 15 is 0 Å². The van der Waals surface area contributed by atoms with Gasteiger partial charge < -0.3 is 10.2 Å². The van der Waals surface area contributed by atoms with Gasteiger partial charge in [-0.1, -0.05) is 37.3 Å². The average Bonchev–Trinajstić information content (AvgIpc) is 2.62. The van der Waals surface area contributed by atoms with E-state index in [4.69, 9.17) is 0 Å². The Hall–Kier alpha value is -2.76. The molecule has 6 heteroatoms. The van der Waals surface area contributed by atoms with Crippen molar-refractivity contribution in [3.8, 4) is 0 Å². The zero-order chi connectivity index (χ0) is 18.9. The maximum Gasteiger partial charge on any atom is 0.254 e. The second-order valence-corrected chi connectivity index (χ2v) is 5.93. The van der Waals surface area contributed by atoms with E-state index in [1.165, 1.54) is 0 Å². The number of benzene rings is 2. The molecule has 26 heavy (non-hydrogen) atoms. The number of nitrogens with one attached hydrogen (secondary N) is 1. The van der Waals surface area contributed by atoms with Crippen molar-refractivity contribution in [3.63, 3.8) is 0 Å². The summed E-state index contributed by atoms with van der Waals surface area (Å²) in [5, 5.41) is 2.50. The second kappa shape index (κ2) is 9.65. The molecular formula is C20H22F2N2O2. The quantitative estimate of drug-likeness (QED) is 0.783. The lowest BCUT2D eigenvalue weighted by Gasteiger charge is -2.22. The third kappa shape index (κ3) is 5.65. The van der Waals surface area contributed by atoms with Crippen LogP contribution in [0.15, 0.2) is 48.5 Å². The molecule has 0 radical (unpaired) electrons. The molecule has 2 amide bonds. The largest absolute Gasteiger partial charge is 0.351 e. The minimum Gasteiger partial charge on any atom is -0.351 e. The summed E-state index contributed by atoms with van der Waals surface area (Å²) in [6.45, 7) is 3.20. The van der Waals surface area contributed by atoms with Crippen LogP contribution >= 0.6 is 0 Å². The van der Waals surface area contributed by atoms with E-state index in [9.17, 15) is 18.4 Å². The molecule has 0 atom stereocenters. The highest BCUT2D eigenvalue weighted by atomic mass is 19.1. The van der Waals surface area contributed by atoms with Crippen LogP contribution < -0.4 is 5.32 Å². The lowest BCUT2D eigenvalue weighted by atomic mass is 10.2. The van der Waals surface area contributed by atoms with Crippen LogP contribution in [-0.2, 0) is 11.3 Å². The molecule has 2 rings (SSSR count). The molecule has 0 aliphatic rings. The fourth-order valence-corrected chi connectivity index (χ4v) is 2.58. The minimum absolute atomic E-state index is 0.0868. The molecule has 0 fully saturated rings. The summed E-state index contributed by atoms with van der Waals surface area (Å²) in [4.78, 5) is 26.1. The number of carbonyl (C=O) groups excluding carboxylic acids is 2. The third-order valence-corrected chi connectivity index (χ3v) is 3.86. The summed E-state index contributed by atoms with van der Waals surface area (Å²) in [6.07, 6.45) is 0.938. The van der Waals surface area contributed by atoms with Crippen molar-refractivity contribution in [1.29, 1.82) is 0 Å². The molecule has 0 saturated heterocycles. The van der Waals surface area contributed by atoms with Gasteiger partial charge in [-0.2, -0.15) is 0 Å². The molecule has 2 aromatic carbocycles. The normalized spacial score (nSPS) is 10.4. The summed E-state index contributed by atoms with van der Waals surface area (Å²) >= 11 is 0. The average molecular weight is 360 g/mol. The SMILES string of the molecule is CCCN(Cc1ccccc1)C(=O)CCNC(=O)c1ccc(F)cc1F. The molecular weight excluding hydrogens is 338 g/mol. The third-order valence-electron chi connectivity index (χ3n) is 3.86. The van der Waals surface area contributed by atoms with Crippen LogP contribution in [0.5, 0.6) is 0 Å². The molecule has 0 bridgehead atoms. The number of carbonyl (C=O) groups is 2. The first-order chi connectivity index (χ1) is 12.5. The first-order valence-electron chi connectivity index (χ1n) is 8.56. The molecule has 2 aromatic rings. The number of rotatable bonds is 8. The van der Waals surface area contributed by atoms with E-state index in [-0.39, 0.29) is 24.4 Å². The number of halogens is 2. The predicted octanol–water partition coefficient (Wildman–Crippen LogP) is 3.52. The van der Waals surface area contributed by atoms with Crippen LogP contribution in [0.3, 0.4) is 0 Å². The summed E-state index contributed by atoms with van der Waals surface area (Å²) in [7, 11) is 0. The van der Waals surface area contributed by atoms with Gasteiger partial charge in [0.25, 0.3) is 5.91 Å². The van der Waals surface area contributed by atoms with Crippen molar-refractivity contribution < 1.29 is 18.4 Å². The first-order valence-corrected chi connectivity index (χ1v) is 8.56. The summed E-state index contributed by atoms with van der Waals surface area (Å²) in [5.74, 6) is -2.42. The fraction of sp³-hybridized carbons (Fsp3) is 0.300. The number of amides is 2. The topological polar surface area (TPSA) is 49.4 Å². The molecule has 0 saturated carbocycles. The van der Waals surface area contributed by atoms with E-state index in [2.05, 4.69) is 5.32 Å². The molecule has 0 aromatic heterocycles. The van der Waals surface area contributed by atoms with Gasteiger partial charge in [-0.15, -0.1) is 0 Å². The van der Waals surface area contributed by atoms with E-state index in [1.54, 1.807) is 4.90 Å². The van der Waals surface area contributed by atoms with Gasteiger partial charge in [0.1, 0.15) is 11.6 Å². The first kappa shape index (κ1) is 19.6. The molecule has 0 aliphatic heterocycles. The monoisotopic (exact) mass is 360 g/mol. The molecule has 1 N–H and O–H groups in total. The van der Waals surface area contributed by atoms with Crippen LogP contribution in [0.25, 0.3) is 0 Å². The molecule has 0 spiro atoms. The standard InChI is InChI=1S/C20H22F2N2O2/c1-2-12-24(14-15-6-4-3-5-7-15)19(25)10-11-23-20(26)17-9-8-16(21)13-18(17)22/h3-9,13H,2,10-12,14H2,1H3,(H,23,26). The van der Waals surface area contributed by atoms with Gasteiger partial charge >= 0.3 is 0 Å². The highest BCUT2D eigenvalue weighted by molar-refractivity contribution is 5.94. The molecule has 4 nitrogen and oxygen atoms in total. The summed E-state index contributed by atoms with van der Waals surface area (Å²) < 4.78 is 26.5. The van der Waals surface area contributed by atoms with Crippen LogP contribution in [0.1, 0.15) is 35.7 Å². The van der Waals surface area contributed by atoms with Crippen molar-refractivity contribution in [2.24, 2.45) is 0 Å². The van der Waals surface area contributed by atoms with Gasteiger partial charge in [0.2, 0.25) is 5.91 Å². The van der Waals surface area contributed by atoms with Crippen LogP contribution in [-0.4, -0.2) is 29.8 Å². The zero-order valence-corrected chi connectivity index (χ0v) is 14.7. The Kier molecular flexibility index (Phi) is 7.26. The highest BCUT2D eigenvalue weighted by Crippen LogP contribution is 2.10. The predicted molar refractivity (Wildman–Crippen MR) is 95.5 cm³/mol. The van der Waals surface area contributed by atoms with E-state index < -0.39 is 17.5 Å². The second-order valence-electron chi connectivity index (χ2n) is 5.93. The van der Waals surface area contributed by atoms with Crippen LogP contribution in [0, 0.1) is 11.6 Å². The van der Waals surface area contributed by atoms with E-state index in [1.807, 2.05) is 37.3 Å². The fourth-order valence-electron chi connectivity index (χ4n) is 2.58. The summed E-state index contributed by atoms with van der Waals surface area (Å²) in [5.41, 5.74) is 0.792. The lowest BCUT2D eigenvalue weighted by molar-refractivity contribution is -0.131. The van der Waals surface area contributed by atoms with Gasteiger partial charge in [-0.3, -0.25) is 9.59 Å². The van der Waals surface area contributed by atoms with Crippen LogP contribution in [0.4, 0.5) is 8.78 Å². The molecule has 138 valence electrons. The van der Waals surface area contributed by atoms with Crippen LogP contribution in [0.2, 0.25) is 0 Å². The maximum atomic E-state index is 13.6. The van der Waals surface area contributed by atoms with Gasteiger partial charge in [-0.25, -0.2) is 8.78 Å². The van der Waals surface area contributed by atoms with Crippen molar-refractivity contribution in [2.45, 2.75) is 26.3 Å². The lowest BCUT2D eigenvalue weighted by Crippen LogP contribution is -2.35. The van der Waals surface area contributed by atoms with Crippen molar-refractivity contribution in [1.82, 2.24) is 10.2 Å². The Morgan fingerprint density at radius 3 is 2.46 bits per heavy atom. The maximum absolute atomic E-state index is 13.6. The smallest absolute Gasteiger partial charge is 0.254 e. The number of hydrogen-bond acceptors (Lipinski definition) is 2. The van der Waals surface area contributed by atoms with Gasteiger partial charge in [-0.05, 0) is 24.1 Å². The Morgan fingerprint density at radius 1 is 1.08 bits per heavy atom. The Labute approximate surface area is 151 Å². The molecule has 0 aliphatic carbocycles. The number of hydrogen-bond donors (Lipinski definition) is 1. The molecule has 0 unspecified atom stereocenters. The Bertz CT molecular complexity index is 751. The zero-order valence-electron chi connectivity index (χ0n) is 14.7. The minimum atomic E-state index is -0.925. The van der Waals surface area contributed by atoms with Gasteiger partial charge in [0, 0.05) is 32.1 Å². The Balaban J connectivity index is 1.88. The van der Waals surface area contributed by atoms with Gasteiger partial charge in [0.05, 0.1) is 5.56 Å². The van der Waals surface area contributed by atoms with E-state index in [0.717, 1.165) is 24.1 Å². The van der Waals surface area contributed by atoms with Crippen molar-refractivity contribution in [2.75, 3.05) is 13.1 Å². The number of nitrogens with zero attached hydrogens (tertiary/aromatic N) is 1. The highest BCUT2D eigenvalue weighted by Gasteiger charge is 2.15. The summed E-state index contributed by atoms with van der Waals surface area (Å²) in [6, 6.07) is 12.4. The van der Waals surface area contributed by atoms with E-state index in [0.29, 0.717) is 19.2 Å². The molecule has 0 heterocycles. The Morgan fingerprint density at radius 2 is 1.81 bits per heavy atom. The van der Waals surface area contributed by atoms with Crippen molar-refractivity contribution >= 4 is 11.8 Å².